The maximum atomic E-state index is 12.6. The van der Waals surface area contributed by atoms with E-state index in [2.05, 4.69) is 15.3 Å². The van der Waals surface area contributed by atoms with Crippen LogP contribution in [0.15, 0.2) is 28.9 Å². The van der Waals surface area contributed by atoms with Gasteiger partial charge in [0.05, 0.1) is 6.26 Å². The van der Waals surface area contributed by atoms with E-state index in [1.165, 1.54) is 13.3 Å². The molecular formula is C11H10F3N3O2. The number of alkyl halides is 3. The molecule has 102 valence electrons. The molecule has 0 spiro atoms. The van der Waals surface area contributed by atoms with Gasteiger partial charge in [0, 0.05) is 13.1 Å². The predicted octanol–water partition coefficient (Wildman–Crippen LogP) is 2.71. The molecule has 2 heterocycles. The van der Waals surface area contributed by atoms with Crippen LogP contribution in [0.25, 0.3) is 0 Å². The summed E-state index contributed by atoms with van der Waals surface area (Å²) in [5, 5.41) is 2.45. The molecular weight excluding hydrogens is 263 g/mol. The van der Waals surface area contributed by atoms with Gasteiger partial charge in [-0.1, -0.05) is 0 Å². The van der Waals surface area contributed by atoms with Crippen LogP contribution in [-0.4, -0.2) is 17.0 Å². The summed E-state index contributed by atoms with van der Waals surface area (Å²) in [7, 11) is 1.42. The number of anilines is 1. The second kappa shape index (κ2) is 5.17. The van der Waals surface area contributed by atoms with Gasteiger partial charge in [0.1, 0.15) is 12.4 Å². The molecule has 0 fully saturated rings. The molecule has 0 amide bonds. The van der Waals surface area contributed by atoms with Gasteiger partial charge in [0.25, 0.3) is 0 Å². The molecule has 0 aromatic carbocycles. The predicted molar refractivity (Wildman–Crippen MR) is 59.6 cm³/mol. The van der Waals surface area contributed by atoms with Crippen LogP contribution in [-0.2, 0) is 12.8 Å². The summed E-state index contributed by atoms with van der Waals surface area (Å²) in [4.78, 5) is 7.10. The second-order valence-electron chi connectivity index (χ2n) is 3.53. The molecule has 0 atom stereocenters. The molecule has 0 bridgehead atoms. The first-order valence-electron chi connectivity index (χ1n) is 5.28. The van der Waals surface area contributed by atoms with Gasteiger partial charge in [0.2, 0.25) is 11.8 Å². The largest absolute Gasteiger partial charge is 0.469 e. The molecule has 5 nitrogen and oxygen atoms in total. The van der Waals surface area contributed by atoms with Gasteiger partial charge in [-0.25, -0.2) is 4.98 Å². The van der Waals surface area contributed by atoms with Gasteiger partial charge in [-0.3, -0.25) is 0 Å². The lowest BCUT2D eigenvalue weighted by molar-refractivity contribution is -0.141. The Kier molecular flexibility index (Phi) is 3.59. The summed E-state index contributed by atoms with van der Waals surface area (Å²) >= 11 is 0. The van der Waals surface area contributed by atoms with Crippen LogP contribution >= 0.6 is 0 Å². The Labute approximate surface area is 106 Å². The Morgan fingerprint density at radius 1 is 1.37 bits per heavy atom. The van der Waals surface area contributed by atoms with Crippen molar-refractivity contribution in [2.75, 3.05) is 12.4 Å². The molecule has 8 heteroatoms. The van der Waals surface area contributed by atoms with Crippen molar-refractivity contribution in [3.05, 3.63) is 35.9 Å². The summed E-state index contributed by atoms with van der Waals surface area (Å²) in [6.45, 7) is -0.00946. The van der Waals surface area contributed by atoms with Crippen molar-refractivity contribution in [1.29, 1.82) is 0 Å². The van der Waals surface area contributed by atoms with E-state index in [9.17, 15) is 13.2 Å². The number of halogens is 3. The molecule has 0 unspecified atom stereocenters. The highest BCUT2D eigenvalue weighted by molar-refractivity contribution is 5.31. The highest BCUT2D eigenvalue weighted by atomic mass is 19.4. The minimum Gasteiger partial charge on any atom is -0.469 e. The number of hydrogen-bond donors (Lipinski definition) is 1. The van der Waals surface area contributed by atoms with Crippen LogP contribution in [0.3, 0.4) is 0 Å². The average Bonchev–Trinajstić information content (AvgIpc) is 2.88. The van der Waals surface area contributed by atoms with Gasteiger partial charge in [-0.05, 0) is 12.1 Å². The number of nitrogens with one attached hydrogen (secondary N) is 1. The van der Waals surface area contributed by atoms with E-state index < -0.39 is 11.9 Å². The van der Waals surface area contributed by atoms with E-state index in [0.29, 0.717) is 5.76 Å². The maximum absolute atomic E-state index is 12.6. The molecule has 19 heavy (non-hydrogen) atoms. The summed E-state index contributed by atoms with van der Waals surface area (Å²) < 4.78 is 48.0. The van der Waals surface area contributed by atoms with E-state index in [1.807, 2.05) is 0 Å². The molecule has 2 rings (SSSR count). The molecule has 2 aromatic heterocycles. The number of hydrogen-bond acceptors (Lipinski definition) is 5. The molecule has 0 radical (unpaired) electrons. The lowest BCUT2D eigenvalue weighted by atomic mass is 10.4. The Morgan fingerprint density at radius 2 is 2.16 bits per heavy atom. The molecule has 2 aromatic rings. The summed E-state index contributed by atoms with van der Waals surface area (Å²) in [6, 6.07) is 4.04. The summed E-state index contributed by atoms with van der Waals surface area (Å²) in [6.07, 6.45) is -3.11. The molecule has 0 saturated heterocycles. The van der Waals surface area contributed by atoms with E-state index in [4.69, 9.17) is 9.15 Å². The third-order valence-electron chi connectivity index (χ3n) is 2.16. The number of nitrogens with zero attached hydrogens (tertiary/aromatic N) is 2. The maximum Gasteiger partial charge on any atom is 0.433 e. The first kappa shape index (κ1) is 13.2. The highest BCUT2D eigenvalue weighted by Gasteiger charge is 2.34. The fraction of sp³-hybridized carbons (Fsp3) is 0.273. The van der Waals surface area contributed by atoms with Crippen molar-refractivity contribution in [3.8, 4) is 5.88 Å². The van der Waals surface area contributed by atoms with E-state index in [0.717, 1.165) is 6.07 Å². The molecule has 0 saturated carbocycles. The monoisotopic (exact) mass is 273 g/mol. The van der Waals surface area contributed by atoms with Gasteiger partial charge < -0.3 is 14.5 Å². The first-order chi connectivity index (χ1) is 8.99. The first-order valence-corrected chi connectivity index (χ1v) is 5.28. The Bertz CT molecular complexity index is 541. The summed E-state index contributed by atoms with van der Waals surface area (Å²) in [5.74, 6) is 0.144. The Morgan fingerprint density at radius 3 is 2.74 bits per heavy atom. The average molecular weight is 273 g/mol. The topological polar surface area (TPSA) is 60.2 Å². The van der Waals surface area contributed by atoms with E-state index >= 15 is 0 Å². The molecule has 0 aliphatic rings. The Balaban J connectivity index is 2.19. The standard InChI is InChI=1S/C11H10F3N3O2/c1-15-10-16-8(11(12,13)14)5-9(17-10)19-6-7-3-2-4-18-7/h2-5H,6H2,1H3,(H,15,16,17). The third kappa shape index (κ3) is 3.36. The van der Waals surface area contributed by atoms with Crippen molar-refractivity contribution in [2.24, 2.45) is 0 Å². The zero-order valence-electron chi connectivity index (χ0n) is 9.86. The minimum absolute atomic E-state index is 0.00946. The molecule has 0 aliphatic heterocycles. The van der Waals surface area contributed by atoms with Crippen LogP contribution in [0.5, 0.6) is 5.88 Å². The van der Waals surface area contributed by atoms with Crippen LogP contribution < -0.4 is 10.1 Å². The molecule has 0 aliphatic carbocycles. The van der Waals surface area contributed by atoms with Crippen molar-refractivity contribution < 1.29 is 22.3 Å². The van der Waals surface area contributed by atoms with E-state index in [-0.39, 0.29) is 18.4 Å². The number of ether oxygens (including phenoxy) is 1. The lowest BCUT2D eigenvalue weighted by Gasteiger charge is -2.10. The van der Waals surface area contributed by atoms with Crippen molar-refractivity contribution >= 4 is 5.95 Å². The summed E-state index contributed by atoms with van der Waals surface area (Å²) in [5.41, 5.74) is -1.07. The third-order valence-corrected chi connectivity index (χ3v) is 2.16. The van der Waals surface area contributed by atoms with Crippen molar-refractivity contribution in [2.45, 2.75) is 12.8 Å². The quantitative estimate of drug-likeness (QED) is 0.928. The SMILES string of the molecule is CNc1nc(OCc2ccco2)cc(C(F)(F)F)n1. The zero-order chi connectivity index (χ0) is 13.9. The van der Waals surface area contributed by atoms with E-state index in [1.54, 1.807) is 12.1 Å². The highest BCUT2D eigenvalue weighted by Crippen LogP contribution is 2.30. The van der Waals surface area contributed by atoms with Gasteiger partial charge in [0.15, 0.2) is 5.69 Å². The van der Waals surface area contributed by atoms with Crippen molar-refractivity contribution in [3.63, 3.8) is 0 Å². The fourth-order valence-corrected chi connectivity index (χ4v) is 1.30. The van der Waals surface area contributed by atoms with Crippen LogP contribution in [0.2, 0.25) is 0 Å². The minimum atomic E-state index is -4.56. The second-order valence-corrected chi connectivity index (χ2v) is 3.53. The molecule has 1 N–H and O–H groups in total. The zero-order valence-corrected chi connectivity index (χ0v) is 9.86. The van der Waals surface area contributed by atoms with Gasteiger partial charge >= 0.3 is 6.18 Å². The smallest absolute Gasteiger partial charge is 0.433 e. The van der Waals surface area contributed by atoms with Crippen LogP contribution in [0.4, 0.5) is 19.1 Å². The van der Waals surface area contributed by atoms with Crippen molar-refractivity contribution in [1.82, 2.24) is 9.97 Å². The normalized spacial score (nSPS) is 11.4. The number of furan rings is 1. The van der Waals surface area contributed by atoms with Gasteiger partial charge in [-0.2, -0.15) is 18.2 Å². The Hall–Kier alpha value is -2.25. The fourth-order valence-electron chi connectivity index (χ4n) is 1.30. The number of rotatable bonds is 4. The van der Waals surface area contributed by atoms with Crippen LogP contribution in [0.1, 0.15) is 11.5 Å². The lowest BCUT2D eigenvalue weighted by Crippen LogP contribution is -2.11. The van der Waals surface area contributed by atoms with Crippen LogP contribution in [0, 0.1) is 0 Å². The number of aromatic nitrogens is 2. The van der Waals surface area contributed by atoms with Gasteiger partial charge in [-0.15, -0.1) is 0 Å².